The quantitative estimate of drug-likeness (QED) is 0.852. The first kappa shape index (κ1) is 13.5. The van der Waals surface area contributed by atoms with Crippen LogP contribution in [-0.2, 0) is 13.0 Å². The van der Waals surface area contributed by atoms with Gasteiger partial charge in [0.25, 0.3) is 0 Å². The maximum Gasteiger partial charge on any atom is 0.352 e. The van der Waals surface area contributed by atoms with E-state index >= 15 is 0 Å². The normalized spacial score (nSPS) is 10.6. The van der Waals surface area contributed by atoms with Crippen LogP contribution in [0.3, 0.4) is 0 Å². The SMILES string of the molecule is CC(=O)c1cc(C(=O)O)n(CCc2nc(C)cs2)c1. The van der Waals surface area contributed by atoms with E-state index in [2.05, 4.69) is 4.98 Å². The van der Waals surface area contributed by atoms with Gasteiger partial charge in [0.15, 0.2) is 5.78 Å². The van der Waals surface area contributed by atoms with Gasteiger partial charge < -0.3 is 9.67 Å². The molecule has 19 heavy (non-hydrogen) atoms. The van der Waals surface area contributed by atoms with Crippen molar-refractivity contribution in [1.82, 2.24) is 9.55 Å². The second kappa shape index (κ2) is 5.36. The molecule has 0 fully saturated rings. The molecule has 5 nitrogen and oxygen atoms in total. The van der Waals surface area contributed by atoms with Gasteiger partial charge in [-0.1, -0.05) is 0 Å². The first-order valence-electron chi connectivity index (χ1n) is 5.83. The Kier molecular flexibility index (Phi) is 3.80. The fraction of sp³-hybridized carbons (Fsp3) is 0.308. The number of Topliss-reactive ketones (excluding diaryl/α,β-unsaturated/α-hetero) is 1. The van der Waals surface area contributed by atoms with Gasteiger partial charge in [-0.05, 0) is 19.9 Å². The molecular weight excluding hydrogens is 264 g/mol. The molecule has 100 valence electrons. The molecule has 0 spiro atoms. The fourth-order valence-electron chi connectivity index (χ4n) is 1.80. The Balaban J connectivity index is 2.18. The predicted octanol–water partition coefficient (Wildman–Crippen LogP) is 2.40. The molecule has 0 unspecified atom stereocenters. The number of rotatable bonds is 5. The molecule has 0 atom stereocenters. The summed E-state index contributed by atoms with van der Waals surface area (Å²) < 4.78 is 1.59. The van der Waals surface area contributed by atoms with Crippen molar-refractivity contribution in [2.24, 2.45) is 0 Å². The standard InChI is InChI=1S/C13H14N2O3S/c1-8-7-19-12(14-8)3-4-15-6-10(9(2)16)5-11(15)13(17)18/h5-7H,3-4H2,1-2H3,(H,17,18). The number of hydrogen-bond acceptors (Lipinski definition) is 4. The largest absolute Gasteiger partial charge is 0.477 e. The van der Waals surface area contributed by atoms with Crippen molar-refractivity contribution in [3.05, 3.63) is 39.6 Å². The van der Waals surface area contributed by atoms with Crippen LogP contribution < -0.4 is 0 Å². The summed E-state index contributed by atoms with van der Waals surface area (Å²) in [6.45, 7) is 3.85. The molecule has 0 saturated carbocycles. The van der Waals surface area contributed by atoms with Crippen LogP contribution in [0.2, 0.25) is 0 Å². The molecule has 0 aliphatic heterocycles. The zero-order chi connectivity index (χ0) is 14.0. The van der Waals surface area contributed by atoms with Gasteiger partial charge in [0.2, 0.25) is 0 Å². The van der Waals surface area contributed by atoms with Crippen LogP contribution in [-0.4, -0.2) is 26.4 Å². The van der Waals surface area contributed by atoms with Gasteiger partial charge in [0, 0.05) is 35.8 Å². The van der Waals surface area contributed by atoms with Crippen molar-refractivity contribution in [1.29, 1.82) is 0 Å². The van der Waals surface area contributed by atoms with Gasteiger partial charge in [-0.25, -0.2) is 9.78 Å². The molecule has 2 aromatic rings. The monoisotopic (exact) mass is 278 g/mol. The highest BCUT2D eigenvalue weighted by Crippen LogP contribution is 2.14. The zero-order valence-corrected chi connectivity index (χ0v) is 11.5. The lowest BCUT2D eigenvalue weighted by Gasteiger charge is -2.04. The van der Waals surface area contributed by atoms with E-state index in [1.165, 1.54) is 13.0 Å². The molecule has 2 rings (SSSR count). The Morgan fingerprint density at radius 1 is 1.47 bits per heavy atom. The van der Waals surface area contributed by atoms with Crippen molar-refractivity contribution in [3.8, 4) is 0 Å². The number of aryl methyl sites for hydroxylation is 3. The predicted molar refractivity (Wildman–Crippen MR) is 72.0 cm³/mol. The molecule has 0 aliphatic rings. The number of carbonyl (C=O) groups excluding carboxylic acids is 1. The van der Waals surface area contributed by atoms with Gasteiger partial charge in [0.1, 0.15) is 5.69 Å². The van der Waals surface area contributed by atoms with Crippen LogP contribution in [0.15, 0.2) is 17.6 Å². The number of aromatic nitrogens is 2. The van der Waals surface area contributed by atoms with E-state index in [-0.39, 0.29) is 11.5 Å². The minimum absolute atomic E-state index is 0.133. The average molecular weight is 278 g/mol. The number of thiazole rings is 1. The topological polar surface area (TPSA) is 72.2 Å². The van der Waals surface area contributed by atoms with E-state index in [0.29, 0.717) is 18.5 Å². The third kappa shape index (κ3) is 3.08. The molecule has 0 aliphatic carbocycles. The van der Waals surface area contributed by atoms with Crippen molar-refractivity contribution >= 4 is 23.1 Å². The fourth-order valence-corrected chi connectivity index (χ4v) is 2.57. The number of carbonyl (C=O) groups is 2. The van der Waals surface area contributed by atoms with E-state index in [1.54, 1.807) is 22.1 Å². The number of carboxylic acids is 1. The van der Waals surface area contributed by atoms with Crippen LogP contribution in [0.5, 0.6) is 0 Å². The molecular formula is C13H14N2O3S. The minimum atomic E-state index is -1.03. The second-order valence-electron chi connectivity index (χ2n) is 4.30. The maximum atomic E-state index is 11.3. The number of aromatic carboxylic acids is 1. The van der Waals surface area contributed by atoms with Gasteiger partial charge in [-0.15, -0.1) is 11.3 Å². The maximum absolute atomic E-state index is 11.3. The Labute approximate surface area is 114 Å². The number of carboxylic acid groups (broad SMARTS) is 1. The Bertz CT molecular complexity index is 628. The van der Waals surface area contributed by atoms with Crippen molar-refractivity contribution in [3.63, 3.8) is 0 Å². The molecule has 0 aromatic carbocycles. The van der Waals surface area contributed by atoms with Crippen LogP contribution in [0.25, 0.3) is 0 Å². The Morgan fingerprint density at radius 2 is 2.21 bits per heavy atom. The summed E-state index contributed by atoms with van der Waals surface area (Å²) >= 11 is 1.56. The molecule has 2 heterocycles. The Morgan fingerprint density at radius 3 is 2.74 bits per heavy atom. The third-order valence-corrected chi connectivity index (χ3v) is 3.78. The van der Waals surface area contributed by atoms with Crippen LogP contribution >= 0.6 is 11.3 Å². The zero-order valence-electron chi connectivity index (χ0n) is 10.7. The summed E-state index contributed by atoms with van der Waals surface area (Å²) in [5.41, 5.74) is 1.53. The average Bonchev–Trinajstić information content (AvgIpc) is 2.92. The first-order valence-corrected chi connectivity index (χ1v) is 6.70. The molecule has 2 aromatic heterocycles. The van der Waals surface area contributed by atoms with Gasteiger partial charge >= 0.3 is 5.97 Å². The molecule has 6 heteroatoms. The summed E-state index contributed by atoms with van der Waals surface area (Å²) in [6.07, 6.45) is 2.25. The van der Waals surface area contributed by atoms with Crippen LogP contribution in [0.1, 0.15) is 38.5 Å². The third-order valence-electron chi connectivity index (χ3n) is 2.76. The summed E-state index contributed by atoms with van der Waals surface area (Å²) in [5, 5.41) is 12.0. The summed E-state index contributed by atoms with van der Waals surface area (Å²) in [5.74, 6) is -1.16. The number of nitrogens with zero attached hydrogens (tertiary/aromatic N) is 2. The molecule has 0 amide bonds. The molecule has 0 bridgehead atoms. The van der Waals surface area contributed by atoms with Gasteiger partial charge in [0.05, 0.1) is 5.01 Å². The van der Waals surface area contributed by atoms with Crippen LogP contribution in [0, 0.1) is 6.92 Å². The summed E-state index contributed by atoms with van der Waals surface area (Å²) in [4.78, 5) is 26.8. The highest BCUT2D eigenvalue weighted by molar-refractivity contribution is 7.09. The van der Waals surface area contributed by atoms with E-state index in [9.17, 15) is 9.59 Å². The van der Waals surface area contributed by atoms with Gasteiger partial charge in [-0.2, -0.15) is 0 Å². The van der Waals surface area contributed by atoms with Crippen molar-refractivity contribution in [2.75, 3.05) is 0 Å². The van der Waals surface area contributed by atoms with E-state index in [4.69, 9.17) is 5.11 Å². The number of ketones is 1. The molecule has 1 N–H and O–H groups in total. The Hall–Kier alpha value is -1.95. The molecule has 0 radical (unpaired) electrons. The lowest BCUT2D eigenvalue weighted by molar-refractivity contribution is 0.0685. The van der Waals surface area contributed by atoms with E-state index in [1.807, 2.05) is 12.3 Å². The lowest BCUT2D eigenvalue weighted by atomic mass is 10.2. The minimum Gasteiger partial charge on any atom is -0.477 e. The number of hydrogen-bond donors (Lipinski definition) is 1. The highest BCUT2D eigenvalue weighted by Gasteiger charge is 2.14. The highest BCUT2D eigenvalue weighted by atomic mass is 32.1. The lowest BCUT2D eigenvalue weighted by Crippen LogP contribution is -2.09. The van der Waals surface area contributed by atoms with Gasteiger partial charge in [-0.3, -0.25) is 4.79 Å². The van der Waals surface area contributed by atoms with E-state index in [0.717, 1.165) is 10.7 Å². The molecule has 0 saturated heterocycles. The summed E-state index contributed by atoms with van der Waals surface area (Å²) in [6, 6.07) is 1.41. The summed E-state index contributed by atoms with van der Waals surface area (Å²) in [7, 11) is 0. The van der Waals surface area contributed by atoms with Crippen molar-refractivity contribution in [2.45, 2.75) is 26.8 Å². The first-order chi connectivity index (χ1) is 8.97. The van der Waals surface area contributed by atoms with E-state index < -0.39 is 5.97 Å². The smallest absolute Gasteiger partial charge is 0.352 e. The second-order valence-corrected chi connectivity index (χ2v) is 5.24. The van der Waals surface area contributed by atoms with Crippen molar-refractivity contribution < 1.29 is 14.7 Å². The van der Waals surface area contributed by atoms with Crippen LogP contribution in [0.4, 0.5) is 0 Å².